The van der Waals surface area contributed by atoms with Crippen molar-refractivity contribution in [3.05, 3.63) is 35.9 Å². The summed E-state index contributed by atoms with van der Waals surface area (Å²) >= 11 is 0. The van der Waals surface area contributed by atoms with Crippen molar-refractivity contribution in [3.8, 4) is 0 Å². The SMILES string of the molecule is CCN(CC(=O)NC(=O)NCc1ccccc1)CC(=O)NC(C)C. The minimum Gasteiger partial charge on any atom is -0.353 e. The number of amides is 4. The number of carbonyl (C=O) groups is 3. The second-order valence-corrected chi connectivity index (χ2v) is 5.74. The number of urea groups is 1. The van der Waals surface area contributed by atoms with Gasteiger partial charge in [-0.2, -0.15) is 0 Å². The maximum Gasteiger partial charge on any atom is 0.321 e. The first-order valence-corrected chi connectivity index (χ1v) is 8.04. The summed E-state index contributed by atoms with van der Waals surface area (Å²) in [5, 5.41) is 7.65. The van der Waals surface area contributed by atoms with Crippen LogP contribution in [0.5, 0.6) is 0 Å². The summed E-state index contributed by atoms with van der Waals surface area (Å²) in [7, 11) is 0. The third-order valence-electron chi connectivity index (χ3n) is 3.18. The minimum atomic E-state index is -0.550. The molecule has 1 aromatic rings. The van der Waals surface area contributed by atoms with Gasteiger partial charge in [-0.15, -0.1) is 0 Å². The van der Waals surface area contributed by atoms with E-state index >= 15 is 0 Å². The average molecular weight is 334 g/mol. The third kappa shape index (κ3) is 8.28. The minimum absolute atomic E-state index is 0.0131. The van der Waals surface area contributed by atoms with E-state index in [0.717, 1.165) is 5.56 Å². The Kier molecular flexibility index (Phi) is 8.49. The lowest BCUT2D eigenvalue weighted by molar-refractivity contribution is -0.124. The van der Waals surface area contributed by atoms with E-state index < -0.39 is 11.9 Å². The molecule has 24 heavy (non-hydrogen) atoms. The predicted molar refractivity (Wildman–Crippen MR) is 92.2 cm³/mol. The molecule has 1 rings (SSSR count). The molecule has 3 N–H and O–H groups in total. The maximum absolute atomic E-state index is 11.9. The number of imide groups is 1. The van der Waals surface area contributed by atoms with Gasteiger partial charge in [-0.05, 0) is 26.0 Å². The summed E-state index contributed by atoms with van der Waals surface area (Å²) in [6, 6.07) is 8.91. The molecule has 0 aromatic heterocycles. The largest absolute Gasteiger partial charge is 0.353 e. The standard InChI is InChI=1S/C17H26N4O3/c1-4-21(11-15(22)19-13(2)3)12-16(23)20-17(24)18-10-14-8-6-5-7-9-14/h5-9,13H,4,10-12H2,1-3H3,(H,19,22)(H2,18,20,23,24). The molecule has 4 amide bonds. The molecule has 0 aliphatic rings. The molecule has 0 spiro atoms. The van der Waals surface area contributed by atoms with Crippen molar-refractivity contribution in [2.75, 3.05) is 19.6 Å². The molecular formula is C17H26N4O3. The van der Waals surface area contributed by atoms with Crippen LogP contribution in [0, 0.1) is 0 Å². The monoisotopic (exact) mass is 334 g/mol. The highest BCUT2D eigenvalue weighted by atomic mass is 16.2. The smallest absolute Gasteiger partial charge is 0.321 e. The molecule has 0 aliphatic carbocycles. The highest BCUT2D eigenvalue weighted by Crippen LogP contribution is 1.96. The normalized spacial score (nSPS) is 10.5. The Bertz CT molecular complexity index is 546. The molecule has 0 heterocycles. The fraction of sp³-hybridized carbons (Fsp3) is 0.471. The lowest BCUT2D eigenvalue weighted by Gasteiger charge is -2.20. The molecule has 0 saturated heterocycles. The average Bonchev–Trinajstić information content (AvgIpc) is 2.52. The zero-order valence-electron chi connectivity index (χ0n) is 14.5. The van der Waals surface area contributed by atoms with E-state index in [1.807, 2.05) is 51.1 Å². The van der Waals surface area contributed by atoms with Crippen LogP contribution in [-0.4, -0.2) is 48.4 Å². The second kappa shape index (κ2) is 10.4. The topological polar surface area (TPSA) is 90.5 Å². The lowest BCUT2D eigenvalue weighted by atomic mass is 10.2. The first kappa shape index (κ1) is 19.6. The molecule has 7 heteroatoms. The molecule has 0 bridgehead atoms. The Morgan fingerprint density at radius 3 is 2.25 bits per heavy atom. The highest BCUT2D eigenvalue weighted by molar-refractivity contribution is 5.95. The number of likely N-dealkylation sites (N-methyl/N-ethyl adjacent to an activating group) is 1. The van der Waals surface area contributed by atoms with Crippen molar-refractivity contribution in [1.82, 2.24) is 20.9 Å². The molecule has 0 atom stereocenters. The molecule has 1 aromatic carbocycles. The maximum atomic E-state index is 11.9. The molecule has 7 nitrogen and oxygen atoms in total. The van der Waals surface area contributed by atoms with Crippen LogP contribution < -0.4 is 16.0 Å². The van der Waals surface area contributed by atoms with Crippen LogP contribution in [0.4, 0.5) is 4.79 Å². The predicted octanol–water partition coefficient (Wildman–Crippen LogP) is 0.859. The van der Waals surface area contributed by atoms with Crippen molar-refractivity contribution in [3.63, 3.8) is 0 Å². The van der Waals surface area contributed by atoms with E-state index in [9.17, 15) is 14.4 Å². The molecule has 0 aliphatic heterocycles. The van der Waals surface area contributed by atoms with Crippen molar-refractivity contribution < 1.29 is 14.4 Å². The van der Waals surface area contributed by atoms with Crippen LogP contribution in [0.2, 0.25) is 0 Å². The Balaban J connectivity index is 2.34. The van der Waals surface area contributed by atoms with Crippen molar-refractivity contribution >= 4 is 17.8 Å². The van der Waals surface area contributed by atoms with Crippen LogP contribution in [-0.2, 0) is 16.1 Å². The summed E-state index contributed by atoms with van der Waals surface area (Å²) in [5.41, 5.74) is 0.945. The van der Waals surface area contributed by atoms with E-state index in [1.165, 1.54) is 0 Å². The zero-order valence-corrected chi connectivity index (χ0v) is 14.5. The molecule has 0 saturated carbocycles. The third-order valence-corrected chi connectivity index (χ3v) is 3.18. The molecular weight excluding hydrogens is 308 g/mol. The number of hydrogen-bond acceptors (Lipinski definition) is 4. The van der Waals surface area contributed by atoms with Crippen LogP contribution in [0.1, 0.15) is 26.3 Å². The van der Waals surface area contributed by atoms with E-state index in [-0.39, 0.29) is 25.0 Å². The number of benzene rings is 1. The Labute approximate surface area is 142 Å². The van der Waals surface area contributed by atoms with Crippen LogP contribution in [0.3, 0.4) is 0 Å². The second-order valence-electron chi connectivity index (χ2n) is 5.74. The first-order valence-electron chi connectivity index (χ1n) is 8.04. The molecule has 132 valence electrons. The van der Waals surface area contributed by atoms with Crippen molar-refractivity contribution in [1.29, 1.82) is 0 Å². The fourth-order valence-corrected chi connectivity index (χ4v) is 2.04. The Morgan fingerprint density at radius 2 is 1.67 bits per heavy atom. The summed E-state index contributed by atoms with van der Waals surface area (Å²) < 4.78 is 0. The van der Waals surface area contributed by atoms with Crippen LogP contribution in [0.15, 0.2) is 30.3 Å². The number of hydrogen-bond donors (Lipinski definition) is 3. The summed E-state index contributed by atoms with van der Waals surface area (Å²) in [6.07, 6.45) is 0. The van der Waals surface area contributed by atoms with Gasteiger partial charge in [0.2, 0.25) is 11.8 Å². The van der Waals surface area contributed by atoms with Gasteiger partial charge in [0.15, 0.2) is 0 Å². The summed E-state index contributed by atoms with van der Waals surface area (Å²) in [4.78, 5) is 37.0. The van der Waals surface area contributed by atoms with Crippen LogP contribution >= 0.6 is 0 Å². The van der Waals surface area contributed by atoms with Gasteiger partial charge in [0.25, 0.3) is 0 Å². The van der Waals surface area contributed by atoms with Gasteiger partial charge in [-0.1, -0.05) is 37.3 Å². The van der Waals surface area contributed by atoms with Gasteiger partial charge >= 0.3 is 6.03 Å². The number of nitrogens with one attached hydrogen (secondary N) is 3. The fourth-order valence-electron chi connectivity index (χ4n) is 2.04. The van der Waals surface area contributed by atoms with Gasteiger partial charge in [-0.3, -0.25) is 19.8 Å². The van der Waals surface area contributed by atoms with Gasteiger partial charge in [0.05, 0.1) is 13.1 Å². The van der Waals surface area contributed by atoms with Gasteiger partial charge in [-0.25, -0.2) is 4.79 Å². The number of carbonyl (C=O) groups excluding carboxylic acids is 3. The van der Waals surface area contributed by atoms with E-state index in [2.05, 4.69) is 16.0 Å². The van der Waals surface area contributed by atoms with Gasteiger partial charge < -0.3 is 10.6 Å². The Hall–Kier alpha value is -2.41. The zero-order chi connectivity index (χ0) is 17.9. The number of rotatable bonds is 8. The van der Waals surface area contributed by atoms with E-state index in [4.69, 9.17) is 0 Å². The summed E-state index contributed by atoms with van der Waals surface area (Å²) in [5.74, 6) is -0.590. The van der Waals surface area contributed by atoms with Crippen LogP contribution in [0.25, 0.3) is 0 Å². The molecule has 0 fully saturated rings. The first-order chi connectivity index (χ1) is 11.4. The molecule has 0 unspecified atom stereocenters. The van der Waals surface area contributed by atoms with Crippen molar-refractivity contribution in [2.45, 2.75) is 33.4 Å². The van der Waals surface area contributed by atoms with E-state index in [0.29, 0.717) is 13.1 Å². The van der Waals surface area contributed by atoms with Gasteiger partial charge in [0, 0.05) is 12.6 Å². The number of nitrogens with zero attached hydrogens (tertiary/aromatic N) is 1. The van der Waals surface area contributed by atoms with E-state index in [1.54, 1.807) is 4.90 Å². The lowest BCUT2D eigenvalue weighted by Crippen LogP contribution is -2.47. The quantitative estimate of drug-likeness (QED) is 0.658. The Morgan fingerprint density at radius 1 is 1.04 bits per heavy atom. The van der Waals surface area contributed by atoms with Crippen molar-refractivity contribution in [2.24, 2.45) is 0 Å². The van der Waals surface area contributed by atoms with Gasteiger partial charge in [0.1, 0.15) is 0 Å². The molecule has 0 radical (unpaired) electrons. The summed E-state index contributed by atoms with van der Waals surface area (Å²) in [6.45, 7) is 6.58. The highest BCUT2D eigenvalue weighted by Gasteiger charge is 2.15.